The predicted molar refractivity (Wildman–Crippen MR) is 77.6 cm³/mol. The molecule has 1 amide bonds. The number of rotatable bonds is 5. The van der Waals surface area contributed by atoms with Crippen molar-refractivity contribution in [2.45, 2.75) is 20.4 Å². The van der Waals surface area contributed by atoms with E-state index >= 15 is 0 Å². The summed E-state index contributed by atoms with van der Waals surface area (Å²) in [6, 6.07) is 9.81. The number of amides is 1. The molecule has 19 heavy (non-hydrogen) atoms. The monoisotopic (exact) mass is 275 g/mol. The minimum atomic E-state index is -0.102. The second-order valence-corrected chi connectivity index (χ2v) is 5.38. The van der Waals surface area contributed by atoms with Crippen LogP contribution in [0, 0.1) is 13.8 Å². The molecule has 0 saturated carbocycles. The van der Waals surface area contributed by atoms with Gasteiger partial charge in [0.05, 0.1) is 6.54 Å². The normalized spacial score (nSPS) is 10.2. The fourth-order valence-electron chi connectivity index (χ4n) is 1.67. The first-order chi connectivity index (χ1) is 9.16. The van der Waals surface area contributed by atoms with Crippen LogP contribution in [-0.2, 0) is 11.3 Å². The van der Waals surface area contributed by atoms with Gasteiger partial charge >= 0.3 is 0 Å². The van der Waals surface area contributed by atoms with Gasteiger partial charge in [0.1, 0.15) is 5.75 Å². The zero-order valence-corrected chi connectivity index (χ0v) is 11.9. The second-order valence-electron chi connectivity index (χ2n) is 4.34. The van der Waals surface area contributed by atoms with Crippen molar-refractivity contribution in [3.63, 3.8) is 0 Å². The van der Waals surface area contributed by atoms with E-state index in [1.807, 2.05) is 49.6 Å². The van der Waals surface area contributed by atoms with Crippen molar-refractivity contribution in [3.8, 4) is 5.75 Å². The van der Waals surface area contributed by atoms with Gasteiger partial charge in [-0.2, -0.15) is 0 Å². The third-order valence-corrected chi connectivity index (χ3v) is 3.83. The standard InChI is InChI=1S/C15H17NO2S/c1-11-5-3-7-14(12(11)2)18-10-15(17)16-9-13-6-4-8-19-13/h3-8H,9-10H2,1-2H3,(H,16,17). The van der Waals surface area contributed by atoms with Crippen LogP contribution in [0.1, 0.15) is 16.0 Å². The van der Waals surface area contributed by atoms with Crippen molar-refractivity contribution in [2.75, 3.05) is 6.61 Å². The minimum absolute atomic E-state index is 0.0513. The zero-order chi connectivity index (χ0) is 13.7. The zero-order valence-electron chi connectivity index (χ0n) is 11.1. The lowest BCUT2D eigenvalue weighted by molar-refractivity contribution is -0.123. The van der Waals surface area contributed by atoms with E-state index in [9.17, 15) is 4.79 Å². The average Bonchev–Trinajstić information content (AvgIpc) is 2.91. The summed E-state index contributed by atoms with van der Waals surface area (Å²) >= 11 is 1.63. The van der Waals surface area contributed by atoms with Gasteiger partial charge in [-0.1, -0.05) is 18.2 Å². The molecular formula is C15H17NO2S. The molecule has 0 atom stereocenters. The maximum absolute atomic E-state index is 11.7. The molecule has 0 aliphatic heterocycles. The van der Waals surface area contributed by atoms with Crippen molar-refractivity contribution in [1.82, 2.24) is 5.32 Å². The van der Waals surface area contributed by atoms with Crippen molar-refractivity contribution in [1.29, 1.82) is 0 Å². The number of nitrogens with one attached hydrogen (secondary N) is 1. The van der Waals surface area contributed by atoms with Gasteiger partial charge in [-0.15, -0.1) is 11.3 Å². The summed E-state index contributed by atoms with van der Waals surface area (Å²) in [5.74, 6) is 0.667. The number of hydrogen-bond donors (Lipinski definition) is 1. The van der Waals surface area contributed by atoms with Gasteiger partial charge in [0, 0.05) is 4.88 Å². The average molecular weight is 275 g/mol. The molecule has 2 aromatic rings. The molecule has 1 aromatic carbocycles. The van der Waals surface area contributed by atoms with Crippen LogP contribution < -0.4 is 10.1 Å². The number of ether oxygens (including phenoxy) is 1. The Morgan fingerprint density at radius 3 is 2.84 bits per heavy atom. The molecule has 0 aliphatic rings. The Balaban J connectivity index is 1.81. The molecule has 2 rings (SSSR count). The van der Waals surface area contributed by atoms with Crippen LogP contribution in [0.25, 0.3) is 0 Å². The van der Waals surface area contributed by atoms with Gasteiger partial charge < -0.3 is 10.1 Å². The Bertz CT molecular complexity index is 549. The van der Waals surface area contributed by atoms with Crippen molar-refractivity contribution in [3.05, 3.63) is 51.7 Å². The lowest BCUT2D eigenvalue weighted by atomic mass is 10.1. The number of aryl methyl sites for hydroxylation is 1. The molecule has 1 aromatic heterocycles. The molecule has 100 valence electrons. The third-order valence-electron chi connectivity index (χ3n) is 2.95. The summed E-state index contributed by atoms with van der Waals surface area (Å²) in [6.07, 6.45) is 0. The van der Waals surface area contributed by atoms with Crippen molar-refractivity contribution >= 4 is 17.2 Å². The lowest BCUT2D eigenvalue weighted by Crippen LogP contribution is -2.28. The van der Waals surface area contributed by atoms with Crippen molar-refractivity contribution < 1.29 is 9.53 Å². The maximum atomic E-state index is 11.7. The molecule has 0 radical (unpaired) electrons. The molecule has 0 saturated heterocycles. The van der Waals surface area contributed by atoms with E-state index in [4.69, 9.17) is 4.74 Å². The van der Waals surface area contributed by atoms with Crippen LogP contribution in [-0.4, -0.2) is 12.5 Å². The van der Waals surface area contributed by atoms with Crippen LogP contribution in [0.3, 0.4) is 0 Å². The fourth-order valence-corrected chi connectivity index (χ4v) is 2.32. The van der Waals surface area contributed by atoms with Gasteiger partial charge in [-0.25, -0.2) is 0 Å². The molecule has 0 aliphatic carbocycles. The van der Waals surface area contributed by atoms with E-state index in [0.717, 1.165) is 21.8 Å². The van der Waals surface area contributed by atoms with Gasteiger partial charge in [0.25, 0.3) is 5.91 Å². The Labute approximate surface area is 117 Å². The minimum Gasteiger partial charge on any atom is -0.483 e. The fraction of sp³-hybridized carbons (Fsp3) is 0.267. The Hall–Kier alpha value is -1.81. The SMILES string of the molecule is Cc1cccc(OCC(=O)NCc2cccs2)c1C. The van der Waals surface area contributed by atoms with Crippen molar-refractivity contribution in [2.24, 2.45) is 0 Å². The summed E-state index contributed by atoms with van der Waals surface area (Å²) in [7, 11) is 0. The smallest absolute Gasteiger partial charge is 0.258 e. The predicted octanol–water partition coefficient (Wildman–Crippen LogP) is 3.06. The summed E-state index contributed by atoms with van der Waals surface area (Å²) < 4.78 is 5.54. The van der Waals surface area contributed by atoms with Crippen LogP contribution in [0.15, 0.2) is 35.7 Å². The van der Waals surface area contributed by atoms with Gasteiger partial charge in [-0.05, 0) is 42.5 Å². The molecular weight excluding hydrogens is 258 g/mol. The molecule has 0 fully saturated rings. The highest BCUT2D eigenvalue weighted by atomic mass is 32.1. The highest BCUT2D eigenvalue weighted by Crippen LogP contribution is 2.20. The maximum Gasteiger partial charge on any atom is 0.258 e. The highest BCUT2D eigenvalue weighted by molar-refractivity contribution is 7.09. The Morgan fingerprint density at radius 2 is 2.11 bits per heavy atom. The summed E-state index contributed by atoms with van der Waals surface area (Å²) in [5, 5.41) is 4.83. The largest absolute Gasteiger partial charge is 0.483 e. The van der Waals surface area contributed by atoms with E-state index in [-0.39, 0.29) is 12.5 Å². The molecule has 3 nitrogen and oxygen atoms in total. The van der Waals surface area contributed by atoms with E-state index in [1.165, 1.54) is 0 Å². The first-order valence-corrected chi connectivity index (χ1v) is 7.03. The number of thiophene rings is 1. The second kappa shape index (κ2) is 6.38. The van der Waals surface area contributed by atoms with E-state index in [2.05, 4.69) is 5.32 Å². The van der Waals surface area contributed by atoms with Crippen LogP contribution >= 0.6 is 11.3 Å². The molecule has 1 N–H and O–H groups in total. The van der Waals surface area contributed by atoms with E-state index in [0.29, 0.717) is 6.54 Å². The Kier molecular flexibility index (Phi) is 4.58. The number of carbonyl (C=O) groups excluding carboxylic acids is 1. The summed E-state index contributed by atoms with van der Waals surface area (Å²) in [4.78, 5) is 12.8. The topological polar surface area (TPSA) is 38.3 Å². The van der Waals surface area contributed by atoms with Gasteiger partial charge in [0.15, 0.2) is 6.61 Å². The van der Waals surface area contributed by atoms with Crippen LogP contribution in [0.5, 0.6) is 5.75 Å². The quantitative estimate of drug-likeness (QED) is 0.910. The van der Waals surface area contributed by atoms with Gasteiger partial charge in [0.2, 0.25) is 0 Å². The molecule has 1 heterocycles. The van der Waals surface area contributed by atoms with Crippen LogP contribution in [0.2, 0.25) is 0 Å². The Morgan fingerprint density at radius 1 is 1.26 bits per heavy atom. The molecule has 4 heteroatoms. The molecule has 0 bridgehead atoms. The first-order valence-electron chi connectivity index (χ1n) is 6.15. The number of hydrogen-bond acceptors (Lipinski definition) is 3. The number of carbonyl (C=O) groups is 1. The first kappa shape index (κ1) is 13.6. The molecule has 0 spiro atoms. The number of benzene rings is 1. The lowest BCUT2D eigenvalue weighted by Gasteiger charge is -2.10. The van der Waals surface area contributed by atoms with E-state index in [1.54, 1.807) is 11.3 Å². The van der Waals surface area contributed by atoms with Gasteiger partial charge in [-0.3, -0.25) is 4.79 Å². The summed E-state index contributed by atoms with van der Waals surface area (Å²) in [6.45, 7) is 4.63. The summed E-state index contributed by atoms with van der Waals surface area (Å²) in [5.41, 5.74) is 2.24. The highest BCUT2D eigenvalue weighted by Gasteiger charge is 2.06. The van der Waals surface area contributed by atoms with Crippen LogP contribution in [0.4, 0.5) is 0 Å². The third kappa shape index (κ3) is 3.83. The van der Waals surface area contributed by atoms with E-state index < -0.39 is 0 Å². The molecule has 0 unspecified atom stereocenters.